The van der Waals surface area contributed by atoms with E-state index in [-0.39, 0.29) is 16.8 Å². The topological polar surface area (TPSA) is 90.4 Å². The van der Waals surface area contributed by atoms with E-state index in [4.69, 9.17) is 4.74 Å². The highest BCUT2D eigenvalue weighted by Crippen LogP contribution is 2.37. The van der Waals surface area contributed by atoms with Gasteiger partial charge in [0, 0.05) is 0 Å². The van der Waals surface area contributed by atoms with Gasteiger partial charge in [0.2, 0.25) is 0 Å². The third-order valence-corrected chi connectivity index (χ3v) is 3.41. The Bertz CT molecular complexity index is 511. The fraction of sp³-hybridized carbons (Fsp3) is 0.667. The van der Waals surface area contributed by atoms with Crippen molar-refractivity contribution in [3.05, 3.63) is 16.3 Å². The van der Waals surface area contributed by atoms with E-state index in [0.717, 1.165) is 0 Å². The Morgan fingerprint density at radius 2 is 2.32 bits per heavy atom. The highest BCUT2D eigenvalue weighted by molar-refractivity contribution is 6.56. The molecule has 1 heterocycles. The van der Waals surface area contributed by atoms with Crippen molar-refractivity contribution in [1.29, 1.82) is 0 Å². The summed E-state index contributed by atoms with van der Waals surface area (Å²) in [6.07, 6.45) is 2.23. The number of rotatable bonds is 4. The largest absolute Gasteiger partial charge is 0.465 e. The summed E-state index contributed by atoms with van der Waals surface area (Å²) >= 11 is 0. The predicted octanol–water partition coefficient (Wildman–Crippen LogP) is -2.45. The first kappa shape index (κ1) is 14.0. The minimum absolute atomic E-state index is 0.0232. The fourth-order valence-corrected chi connectivity index (χ4v) is 1.90. The van der Waals surface area contributed by atoms with Crippen molar-refractivity contribution >= 4 is 29.2 Å². The lowest BCUT2D eigenvalue weighted by atomic mass is 9.49. The molecule has 0 spiro atoms. The van der Waals surface area contributed by atoms with Crippen LogP contribution in [0.4, 0.5) is 5.69 Å². The SMILES string of the molecule is BC(B)(B)n1cc([N+](=O)[O-])c(OC2CC[C@@]2(C)O)n1. The Balaban J connectivity index is 2.29. The van der Waals surface area contributed by atoms with Crippen molar-refractivity contribution < 1.29 is 14.8 Å². The maximum absolute atomic E-state index is 11.0. The Morgan fingerprint density at radius 1 is 1.68 bits per heavy atom. The Labute approximate surface area is 113 Å². The number of aliphatic hydroxyl groups is 1. The molecule has 0 aromatic carbocycles. The van der Waals surface area contributed by atoms with Gasteiger partial charge in [-0.1, -0.05) is 0 Å². The van der Waals surface area contributed by atoms with Gasteiger partial charge in [0.15, 0.2) is 0 Å². The van der Waals surface area contributed by atoms with E-state index in [1.165, 1.54) is 10.9 Å². The highest BCUT2D eigenvalue weighted by Gasteiger charge is 2.44. The average molecular weight is 263 g/mol. The van der Waals surface area contributed by atoms with Crippen LogP contribution in [0, 0.1) is 10.1 Å². The monoisotopic (exact) mass is 263 g/mol. The Morgan fingerprint density at radius 3 is 2.68 bits per heavy atom. The lowest BCUT2D eigenvalue weighted by Crippen LogP contribution is -2.52. The molecule has 0 bridgehead atoms. The van der Waals surface area contributed by atoms with Crippen molar-refractivity contribution in [2.24, 2.45) is 0 Å². The van der Waals surface area contributed by atoms with Gasteiger partial charge in [-0.15, -0.1) is 5.10 Å². The molecule has 7 nitrogen and oxygen atoms in total. The molecule has 1 unspecified atom stereocenters. The molecule has 0 amide bonds. The second-order valence-electron chi connectivity index (χ2n) is 6.19. The number of ether oxygens (including phenoxy) is 1. The molecule has 1 aliphatic carbocycles. The van der Waals surface area contributed by atoms with Gasteiger partial charge >= 0.3 is 11.6 Å². The number of hydrogen-bond acceptors (Lipinski definition) is 5. The van der Waals surface area contributed by atoms with Gasteiger partial charge in [0.25, 0.3) is 0 Å². The van der Waals surface area contributed by atoms with E-state index in [0.29, 0.717) is 12.8 Å². The van der Waals surface area contributed by atoms with Gasteiger partial charge in [0.05, 0.1) is 10.5 Å². The van der Waals surface area contributed by atoms with Crippen molar-refractivity contribution in [3.8, 4) is 5.88 Å². The molecule has 2 atom stereocenters. The molecule has 19 heavy (non-hydrogen) atoms. The lowest BCUT2D eigenvalue weighted by molar-refractivity contribution is -0.386. The molecule has 2 rings (SSSR count). The molecule has 1 fully saturated rings. The van der Waals surface area contributed by atoms with Crippen LogP contribution in [0.15, 0.2) is 6.20 Å². The van der Waals surface area contributed by atoms with Gasteiger partial charge in [-0.25, -0.2) is 0 Å². The standard InChI is InChI=1S/C9H16B3N3O4/c1-8(16)3-2-6(8)19-7-5(15(17)18)4-14(13-7)9(10,11)12/h4,6,16H,2-3,10-12H2,1H3/t6?,8-/m1/s1. The van der Waals surface area contributed by atoms with Crippen LogP contribution in [0.1, 0.15) is 19.8 Å². The lowest BCUT2D eigenvalue weighted by Gasteiger charge is -2.41. The van der Waals surface area contributed by atoms with Gasteiger partial charge in [-0.2, -0.15) is 0 Å². The highest BCUT2D eigenvalue weighted by atomic mass is 16.6. The number of nitro groups is 1. The van der Waals surface area contributed by atoms with E-state index in [1.54, 1.807) is 6.92 Å². The fourth-order valence-electron chi connectivity index (χ4n) is 1.90. The minimum atomic E-state index is -0.931. The minimum Gasteiger partial charge on any atom is -0.465 e. The van der Waals surface area contributed by atoms with Gasteiger partial charge in [-0.05, 0) is 25.0 Å². The summed E-state index contributed by atoms with van der Waals surface area (Å²) in [4.78, 5) is 10.5. The smallest absolute Gasteiger partial charge is 0.350 e. The molecular formula is C9H16B3N3O4. The second-order valence-corrected chi connectivity index (χ2v) is 6.19. The summed E-state index contributed by atoms with van der Waals surface area (Å²) in [5.74, 6) is -0.0232. The van der Waals surface area contributed by atoms with Crippen molar-refractivity contribution in [2.75, 3.05) is 0 Å². The zero-order chi connectivity index (χ0) is 14.4. The number of hydrogen-bond donors (Lipinski definition) is 1. The van der Waals surface area contributed by atoms with E-state index in [1.807, 2.05) is 23.5 Å². The van der Waals surface area contributed by atoms with Gasteiger partial charge in [-0.3, -0.25) is 14.8 Å². The predicted molar refractivity (Wildman–Crippen MR) is 76.8 cm³/mol. The van der Waals surface area contributed by atoms with Gasteiger partial charge < -0.3 is 9.84 Å². The molecular weight excluding hydrogens is 247 g/mol. The summed E-state index contributed by atoms with van der Waals surface area (Å²) in [7, 11) is 5.69. The molecule has 1 aromatic heterocycles. The van der Waals surface area contributed by atoms with Crippen LogP contribution >= 0.6 is 0 Å². The van der Waals surface area contributed by atoms with E-state index in [2.05, 4.69) is 5.10 Å². The zero-order valence-corrected chi connectivity index (χ0v) is 11.6. The van der Waals surface area contributed by atoms with Crippen molar-refractivity contribution in [2.45, 2.75) is 36.7 Å². The maximum Gasteiger partial charge on any atom is 0.350 e. The van der Waals surface area contributed by atoms with E-state index >= 15 is 0 Å². The van der Waals surface area contributed by atoms with Crippen LogP contribution in [0.5, 0.6) is 5.88 Å². The third kappa shape index (κ3) is 2.63. The van der Waals surface area contributed by atoms with Crippen LogP contribution in [-0.2, 0) is 5.24 Å². The molecule has 1 aliphatic rings. The molecule has 10 heteroatoms. The molecule has 1 aromatic rings. The van der Waals surface area contributed by atoms with Crippen LogP contribution < -0.4 is 4.74 Å². The van der Waals surface area contributed by atoms with Crippen LogP contribution in [0.2, 0.25) is 0 Å². The van der Waals surface area contributed by atoms with E-state index in [9.17, 15) is 15.2 Å². The molecule has 0 radical (unpaired) electrons. The zero-order valence-electron chi connectivity index (χ0n) is 11.6. The first-order chi connectivity index (χ1) is 8.61. The summed E-state index contributed by atoms with van der Waals surface area (Å²) in [5.41, 5.74) is -1.10. The summed E-state index contributed by atoms with van der Waals surface area (Å²) in [6, 6.07) is 0. The Kier molecular flexibility index (Phi) is 3.16. The quantitative estimate of drug-likeness (QED) is 0.370. The Hall–Kier alpha value is -1.44. The average Bonchev–Trinajstić information content (AvgIpc) is 2.68. The first-order valence-electron chi connectivity index (χ1n) is 6.25. The second kappa shape index (κ2) is 4.30. The number of aromatic nitrogens is 2. The summed E-state index contributed by atoms with van der Waals surface area (Å²) < 4.78 is 7.02. The van der Waals surface area contributed by atoms with Crippen LogP contribution in [0.25, 0.3) is 0 Å². The maximum atomic E-state index is 11.0. The molecule has 0 aliphatic heterocycles. The normalized spacial score (nSPS) is 26.7. The van der Waals surface area contributed by atoms with Crippen molar-refractivity contribution in [1.82, 2.24) is 9.78 Å². The van der Waals surface area contributed by atoms with E-state index < -0.39 is 16.6 Å². The van der Waals surface area contributed by atoms with Crippen LogP contribution in [0.3, 0.4) is 0 Å². The molecule has 1 N–H and O–H groups in total. The first-order valence-corrected chi connectivity index (χ1v) is 6.25. The third-order valence-electron chi connectivity index (χ3n) is 3.41. The summed E-state index contributed by atoms with van der Waals surface area (Å²) in [5, 5.41) is 24.7. The number of nitrogens with zero attached hydrogens (tertiary/aromatic N) is 3. The molecule has 0 saturated heterocycles. The van der Waals surface area contributed by atoms with Crippen molar-refractivity contribution in [3.63, 3.8) is 0 Å². The molecule has 1 saturated carbocycles. The van der Waals surface area contributed by atoms with Gasteiger partial charge in [0.1, 0.15) is 35.8 Å². The van der Waals surface area contributed by atoms with Crippen LogP contribution in [-0.4, -0.2) is 55.1 Å². The summed E-state index contributed by atoms with van der Waals surface area (Å²) in [6.45, 7) is 1.66. The molecule has 100 valence electrons.